The Labute approximate surface area is 146 Å². The third kappa shape index (κ3) is 3.41. The minimum atomic E-state index is -0.324. The molecule has 0 bridgehead atoms. The normalized spacial score (nSPS) is 18.0. The molecule has 6 heteroatoms. The zero-order chi connectivity index (χ0) is 17.2. The number of nitrogens with zero attached hydrogens (tertiary/aromatic N) is 4. The van der Waals surface area contributed by atoms with Crippen molar-refractivity contribution in [2.24, 2.45) is 0 Å². The molecule has 0 atom stereocenters. The van der Waals surface area contributed by atoms with E-state index in [-0.39, 0.29) is 5.82 Å². The minimum Gasteiger partial charge on any atom is -0.368 e. The van der Waals surface area contributed by atoms with Crippen LogP contribution in [0.25, 0.3) is 0 Å². The van der Waals surface area contributed by atoms with Crippen LogP contribution in [0.5, 0.6) is 0 Å². The Kier molecular flexibility index (Phi) is 4.22. The number of rotatable bonds is 4. The molecule has 0 spiro atoms. The predicted octanol–water partition coefficient (Wildman–Crippen LogP) is 3.45. The number of hydrogen-bond donors (Lipinski definition) is 1. The van der Waals surface area contributed by atoms with Crippen LogP contribution in [-0.4, -0.2) is 29.1 Å². The highest BCUT2D eigenvalue weighted by atomic mass is 19.1. The van der Waals surface area contributed by atoms with Crippen LogP contribution in [0, 0.1) is 17.1 Å². The van der Waals surface area contributed by atoms with Gasteiger partial charge in [0.1, 0.15) is 23.5 Å². The zero-order valence-corrected chi connectivity index (χ0v) is 14.0. The van der Waals surface area contributed by atoms with E-state index in [9.17, 15) is 9.65 Å². The smallest absolute Gasteiger partial charge is 0.147 e. The van der Waals surface area contributed by atoms with Crippen molar-refractivity contribution in [2.45, 2.75) is 37.6 Å². The highest BCUT2D eigenvalue weighted by Gasteiger charge is 2.27. The molecular weight excluding hydrogens is 317 g/mol. The summed E-state index contributed by atoms with van der Waals surface area (Å²) < 4.78 is 14.2. The molecule has 1 aliphatic carbocycles. The van der Waals surface area contributed by atoms with Crippen LogP contribution >= 0.6 is 0 Å². The fourth-order valence-corrected chi connectivity index (χ4v) is 3.38. The van der Waals surface area contributed by atoms with Crippen molar-refractivity contribution in [3.8, 4) is 6.07 Å². The van der Waals surface area contributed by atoms with Crippen molar-refractivity contribution < 1.29 is 4.39 Å². The summed E-state index contributed by atoms with van der Waals surface area (Å²) in [6.45, 7) is 1.43. The van der Waals surface area contributed by atoms with Gasteiger partial charge in [0, 0.05) is 31.2 Å². The first kappa shape index (κ1) is 15.8. The molecule has 2 heterocycles. The SMILES string of the molecule is N#Cc1cccc(F)c1N1CCC(Nc2ccnc(C3CC3)n2)CC1. The topological polar surface area (TPSA) is 64.8 Å². The number of benzene rings is 1. The maximum atomic E-state index is 14.2. The van der Waals surface area contributed by atoms with E-state index in [1.807, 2.05) is 17.2 Å². The first-order valence-corrected chi connectivity index (χ1v) is 8.77. The Hall–Kier alpha value is -2.68. The van der Waals surface area contributed by atoms with Gasteiger partial charge in [0.2, 0.25) is 0 Å². The second kappa shape index (κ2) is 6.67. The average molecular weight is 337 g/mol. The molecule has 0 unspecified atom stereocenters. The van der Waals surface area contributed by atoms with Crippen molar-refractivity contribution in [3.63, 3.8) is 0 Å². The second-order valence-electron chi connectivity index (χ2n) is 6.73. The molecule has 1 saturated heterocycles. The Balaban J connectivity index is 1.40. The van der Waals surface area contributed by atoms with E-state index in [0.717, 1.165) is 24.5 Å². The van der Waals surface area contributed by atoms with E-state index in [2.05, 4.69) is 21.4 Å². The fourth-order valence-electron chi connectivity index (χ4n) is 3.38. The zero-order valence-electron chi connectivity index (χ0n) is 14.0. The number of nitriles is 1. The van der Waals surface area contributed by atoms with E-state index < -0.39 is 0 Å². The molecule has 2 fully saturated rings. The number of piperidine rings is 1. The van der Waals surface area contributed by atoms with Gasteiger partial charge in [-0.3, -0.25) is 0 Å². The Bertz CT molecular complexity index is 804. The van der Waals surface area contributed by atoms with Gasteiger partial charge in [-0.2, -0.15) is 5.26 Å². The quantitative estimate of drug-likeness (QED) is 0.926. The summed E-state index contributed by atoms with van der Waals surface area (Å²) in [6.07, 6.45) is 5.94. The van der Waals surface area contributed by atoms with Crippen LogP contribution in [-0.2, 0) is 0 Å². The van der Waals surface area contributed by atoms with Crippen molar-refractivity contribution in [1.82, 2.24) is 9.97 Å². The van der Waals surface area contributed by atoms with Crippen LogP contribution in [0.15, 0.2) is 30.5 Å². The summed E-state index contributed by atoms with van der Waals surface area (Å²) in [4.78, 5) is 10.9. The van der Waals surface area contributed by atoms with Gasteiger partial charge < -0.3 is 10.2 Å². The largest absolute Gasteiger partial charge is 0.368 e. The first-order valence-electron chi connectivity index (χ1n) is 8.77. The van der Waals surface area contributed by atoms with E-state index in [4.69, 9.17) is 0 Å². The van der Waals surface area contributed by atoms with Crippen LogP contribution in [0.2, 0.25) is 0 Å². The molecule has 128 valence electrons. The van der Waals surface area contributed by atoms with Gasteiger partial charge >= 0.3 is 0 Å². The standard InChI is InChI=1S/C19H20FN5/c20-16-3-1-2-14(12-21)18(16)25-10-7-15(8-11-25)23-17-6-9-22-19(24-17)13-4-5-13/h1-3,6,9,13,15H,4-5,7-8,10-11H2,(H,22,23,24). The molecule has 25 heavy (non-hydrogen) atoms. The number of aromatic nitrogens is 2. The highest BCUT2D eigenvalue weighted by molar-refractivity contribution is 5.60. The van der Waals surface area contributed by atoms with Crippen molar-refractivity contribution in [3.05, 3.63) is 47.7 Å². The number of halogens is 1. The molecule has 4 rings (SSSR count). The maximum Gasteiger partial charge on any atom is 0.147 e. The number of hydrogen-bond acceptors (Lipinski definition) is 5. The lowest BCUT2D eigenvalue weighted by molar-refractivity contribution is 0.515. The van der Waals surface area contributed by atoms with Crippen molar-refractivity contribution in [1.29, 1.82) is 5.26 Å². The predicted molar refractivity (Wildman–Crippen MR) is 94.0 cm³/mol. The van der Waals surface area contributed by atoms with Crippen molar-refractivity contribution in [2.75, 3.05) is 23.3 Å². The summed E-state index contributed by atoms with van der Waals surface area (Å²) >= 11 is 0. The second-order valence-corrected chi connectivity index (χ2v) is 6.73. The molecule has 0 radical (unpaired) electrons. The van der Waals surface area contributed by atoms with Gasteiger partial charge in [-0.05, 0) is 43.9 Å². The summed E-state index contributed by atoms with van der Waals surface area (Å²) in [5.41, 5.74) is 0.831. The summed E-state index contributed by atoms with van der Waals surface area (Å²) in [5, 5.41) is 12.7. The lowest BCUT2D eigenvalue weighted by atomic mass is 10.0. The number of anilines is 2. The third-order valence-electron chi connectivity index (χ3n) is 4.89. The summed E-state index contributed by atoms with van der Waals surface area (Å²) in [7, 11) is 0. The Morgan fingerprint density at radius 2 is 1.96 bits per heavy atom. The van der Waals surface area contributed by atoms with Gasteiger partial charge in [0.05, 0.1) is 11.3 Å². The molecule has 0 amide bonds. The third-order valence-corrected chi connectivity index (χ3v) is 4.89. The molecule has 2 aliphatic rings. The highest BCUT2D eigenvalue weighted by Crippen LogP contribution is 2.38. The van der Waals surface area contributed by atoms with E-state index in [1.54, 1.807) is 12.1 Å². The van der Waals surface area contributed by atoms with Crippen LogP contribution in [0.4, 0.5) is 15.9 Å². The Morgan fingerprint density at radius 1 is 1.16 bits per heavy atom. The van der Waals surface area contributed by atoms with Gasteiger partial charge in [-0.1, -0.05) is 6.07 Å². The van der Waals surface area contributed by atoms with Gasteiger partial charge in [0.25, 0.3) is 0 Å². The van der Waals surface area contributed by atoms with Crippen LogP contribution < -0.4 is 10.2 Å². The number of nitrogens with one attached hydrogen (secondary N) is 1. The fraction of sp³-hybridized carbons (Fsp3) is 0.421. The van der Waals surface area contributed by atoms with E-state index in [0.29, 0.717) is 36.3 Å². The average Bonchev–Trinajstić information content (AvgIpc) is 3.48. The van der Waals surface area contributed by atoms with Crippen LogP contribution in [0.1, 0.15) is 43.0 Å². The number of para-hydroxylation sites is 1. The summed E-state index contributed by atoms with van der Waals surface area (Å²) in [6, 6.07) is 8.97. The molecule has 1 aromatic carbocycles. The van der Waals surface area contributed by atoms with E-state index >= 15 is 0 Å². The lowest BCUT2D eigenvalue weighted by Gasteiger charge is -2.34. The molecule has 2 aromatic rings. The van der Waals surface area contributed by atoms with Gasteiger partial charge in [-0.15, -0.1) is 0 Å². The molecule has 1 aliphatic heterocycles. The van der Waals surface area contributed by atoms with E-state index in [1.165, 1.54) is 18.9 Å². The molecular formula is C19H20FN5. The van der Waals surface area contributed by atoms with Crippen molar-refractivity contribution >= 4 is 11.5 Å². The molecule has 1 N–H and O–H groups in total. The maximum absolute atomic E-state index is 14.2. The monoisotopic (exact) mass is 337 g/mol. The van der Waals surface area contributed by atoms with Crippen LogP contribution in [0.3, 0.4) is 0 Å². The van der Waals surface area contributed by atoms with Gasteiger partial charge in [-0.25, -0.2) is 14.4 Å². The Morgan fingerprint density at radius 3 is 2.68 bits per heavy atom. The summed E-state index contributed by atoms with van der Waals surface area (Å²) in [5.74, 6) is 2.02. The lowest BCUT2D eigenvalue weighted by Crippen LogP contribution is -2.40. The molecule has 1 aromatic heterocycles. The first-order chi connectivity index (χ1) is 12.2. The minimum absolute atomic E-state index is 0.301. The van der Waals surface area contributed by atoms with Gasteiger partial charge in [0.15, 0.2) is 0 Å². The molecule has 5 nitrogen and oxygen atoms in total. The molecule has 1 saturated carbocycles.